The Morgan fingerprint density at radius 2 is 1.79 bits per heavy atom. The van der Waals surface area contributed by atoms with Crippen LogP contribution in [-0.4, -0.2) is 39.6 Å². The second kappa shape index (κ2) is 9.58. The fourth-order valence-electron chi connectivity index (χ4n) is 5.63. The highest BCUT2D eigenvalue weighted by Gasteiger charge is 2.37. The Bertz CT molecular complexity index is 1110. The minimum atomic E-state index is 0.148. The van der Waals surface area contributed by atoms with Crippen LogP contribution in [0.3, 0.4) is 0 Å². The Kier molecular flexibility index (Phi) is 6.39. The van der Waals surface area contributed by atoms with Gasteiger partial charge in [0.2, 0.25) is 5.91 Å². The molecular formula is C28H35N3O2. The minimum absolute atomic E-state index is 0.148. The summed E-state index contributed by atoms with van der Waals surface area (Å²) in [5.41, 5.74) is 3.35. The van der Waals surface area contributed by atoms with Crippen molar-refractivity contribution < 1.29 is 9.53 Å². The van der Waals surface area contributed by atoms with Gasteiger partial charge in [-0.15, -0.1) is 0 Å². The first kappa shape index (κ1) is 22.0. The molecule has 1 aliphatic heterocycles. The summed E-state index contributed by atoms with van der Waals surface area (Å²) < 4.78 is 8.54. The molecule has 2 aromatic carbocycles. The lowest BCUT2D eigenvalue weighted by molar-refractivity contribution is -0.130. The number of nitrogens with zero attached hydrogens (tertiary/aromatic N) is 3. The molecule has 0 spiro atoms. The summed E-state index contributed by atoms with van der Waals surface area (Å²) in [6.45, 7) is 6.47. The van der Waals surface area contributed by atoms with Gasteiger partial charge >= 0.3 is 0 Å². The number of benzene rings is 2. The third-order valence-corrected chi connectivity index (χ3v) is 7.34. The monoisotopic (exact) mass is 445 g/mol. The molecule has 5 rings (SSSR count). The maximum atomic E-state index is 12.9. The van der Waals surface area contributed by atoms with E-state index in [1.165, 1.54) is 24.8 Å². The highest BCUT2D eigenvalue weighted by atomic mass is 16.5. The Morgan fingerprint density at radius 1 is 1.03 bits per heavy atom. The Labute approximate surface area is 196 Å². The zero-order valence-corrected chi connectivity index (χ0v) is 19.9. The maximum absolute atomic E-state index is 12.9. The molecule has 1 amide bonds. The zero-order chi connectivity index (χ0) is 22.8. The summed E-state index contributed by atoms with van der Waals surface area (Å²) in [7, 11) is 0. The summed E-state index contributed by atoms with van der Waals surface area (Å²) in [5.74, 6) is 2.85. The Hall–Kier alpha value is -2.82. The molecule has 2 fully saturated rings. The number of fused-ring (bicyclic) bond motifs is 1. The number of amides is 1. The zero-order valence-electron chi connectivity index (χ0n) is 19.9. The number of imidazole rings is 1. The summed E-state index contributed by atoms with van der Waals surface area (Å²) in [6, 6.07) is 17.0. The fourth-order valence-corrected chi connectivity index (χ4v) is 5.63. The molecule has 0 radical (unpaired) electrons. The van der Waals surface area contributed by atoms with E-state index in [9.17, 15) is 4.79 Å². The number of para-hydroxylation sites is 3. The third kappa shape index (κ3) is 4.50. The van der Waals surface area contributed by atoms with Gasteiger partial charge in [-0.3, -0.25) is 4.79 Å². The van der Waals surface area contributed by atoms with Crippen LogP contribution < -0.4 is 4.74 Å². The van der Waals surface area contributed by atoms with Crippen molar-refractivity contribution in [1.82, 2.24) is 14.5 Å². The largest absolute Gasteiger partial charge is 0.491 e. The normalized spacial score (nSPS) is 19.7. The van der Waals surface area contributed by atoms with E-state index in [2.05, 4.69) is 59.7 Å². The standard InChI is InChI=1S/C28H35N3O2/c1-20(2)23-12-6-9-15-26(23)33-17-16-30-25-14-8-7-13-24(25)29-28(30)21-18-27(32)31(19-21)22-10-4-3-5-11-22/h6-9,12-15,20-22H,3-5,10-11,16-19H2,1-2H3. The number of hydrogen-bond acceptors (Lipinski definition) is 3. The first-order valence-corrected chi connectivity index (χ1v) is 12.6. The second-order valence-corrected chi connectivity index (χ2v) is 9.89. The van der Waals surface area contributed by atoms with Crippen molar-refractivity contribution in [1.29, 1.82) is 0 Å². The van der Waals surface area contributed by atoms with Crippen LogP contribution >= 0.6 is 0 Å². The summed E-state index contributed by atoms with van der Waals surface area (Å²) in [4.78, 5) is 20.1. The van der Waals surface area contributed by atoms with Crippen LogP contribution in [0.5, 0.6) is 5.75 Å². The van der Waals surface area contributed by atoms with Crippen LogP contribution in [0.4, 0.5) is 0 Å². The predicted octanol–water partition coefficient (Wildman–Crippen LogP) is 5.89. The molecular weight excluding hydrogens is 410 g/mol. The molecule has 174 valence electrons. The lowest BCUT2D eigenvalue weighted by Gasteiger charge is -2.31. The average Bonchev–Trinajstić information content (AvgIpc) is 3.40. The molecule has 0 bridgehead atoms. The number of aromatic nitrogens is 2. The van der Waals surface area contributed by atoms with Gasteiger partial charge < -0.3 is 14.2 Å². The van der Waals surface area contributed by atoms with Crippen LogP contribution in [0.25, 0.3) is 11.0 Å². The van der Waals surface area contributed by atoms with E-state index in [0.29, 0.717) is 30.9 Å². The molecule has 1 saturated heterocycles. The highest BCUT2D eigenvalue weighted by molar-refractivity contribution is 5.81. The van der Waals surface area contributed by atoms with Crippen molar-refractivity contribution in [3.8, 4) is 5.75 Å². The fraction of sp³-hybridized carbons (Fsp3) is 0.500. The SMILES string of the molecule is CC(C)c1ccccc1OCCn1c(C2CC(=O)N(C3CCCCC3)C2)nc2ccccc21. The summed E-state index contributed by atoms with van der Waals surface area (Å²) >= 11 is 0. The van der Waals surface area contributed by atoms with Gasteiger partial charge in [-0.05, 0) is 42.5 Å². The van der Waals surface area contributed by atoms with Crippen molar-refractivity contribution >= 4 is 16.9 Å². The highest BCUT2D eigenvalue weighted by Crippen LogP contribution is 2.34. The molecule has 2 aliphatic rings. The van der Waals surface area contributed by atoms with Gasteiger partial charge in [0, 0.05) is 24.9 Å². The van der Waals surface area contributed by atoms with Crippen molar-refractivity contribution in [3.63, 3.8) is 0 Å². The first-order chi connectivity index (χ1) is 16.1. The van der Waals surface area contributed by atoms with Crippen LogP contribution in [0, 0.1) is 0 Å². The molecule has 1 aromatic heterocycles. The van der Waals surface area contributed by atoms with Crippen molar-refractivity contribution in [2.45, 2.75) is 76.8 Å². The van der Waals surface area contributed by atoms with Crippen molar-refractivity contribution in [2.24, 2.45) is 0 Å². The minimum Gasteiger partial charge on any atom is -0.491 e. The molecule has 33 heavy (non-hydrogen) atoms. The third-order valence-electron chi connectivity index (χ3n) is 7.34. The molecule has 1 atom stereocenters. The van der Waals surface area contributed by atoms with Crippen molar-refractivity contribution in [3.05, 3.63) is 59.9 Å². The lowest BCUT2D eigenvalue weighted by Crippen LogP contribution is -2.37. The van der Waals surface area contributed by atoms with Gasteiger partial charge in [-0.2, -0.15) is 0 Å². The van der Waals surface area contributed by atoms with Crippen LogP contribution in [0.2, 0.25) is 0 Å². The van der Waals surface area contributed by atoms with Gasteiger partial charge in [0.25, 0.3) is 0 Å². The van der Waals surface area contributed by atoms with Gasteiger partial charge in [0.05, 0.1) is 17.6 Å². The topological polar surface area (TPSA) is 47.4 Å². The Morgan fingerprint density at radius 3 is 2.61 bits per heavy atom. The maximum Gasteiger partial charge on any atom is 0.223 e. The van der Waals surface area contributed by atoms with Crippen LogP contribution in [0.15, 0.2) is 48.5 Å². The molecule has 0 N–H and O–H groups in total. The van der Waals surface area contributed by atoms with Gasteiger partial charge in [0.1, 0.15) is 18.2 Å². The van der Waals surface area contributed by atoms with E-state index >= 15 is 0 Å². The van der Waals surface area contributed by atoms with Gasteiger partial charge in [0.15, 0.2) is 0 Å². The van der Waals surface area contributed by atoms with Gasteiger partial charge in [-0.25, -0.2) is 4.98 Å². The smallest absolute Gasteiger partial charge is 0.223 e. The molecule has 5 nitrogen and oxygen atoms in total. The van der Waals surface area contributed by atoms with E-state index in [1.54, 1.807) is 0 Å². The summed E-state index contributed by atoms with van der Waals surface area (Å²) in [6.07, 6.45) is 6.66. The number of rotatable bonds is 7. The number of carbonyl (C=O) groups is 1. The molecule has 1 aliphatic carbocycles. The lowest BCUT2D eigenvalue weighted by atomic mass is 9.94. The van der Waals surface area contributed by atoms with Crippen LogP contribution in [-0.2, 0) is 11.3 Å². The average molecular weight is 446 g/mol. The van der Waals surface area contributed by atoms with Crippen molar-refractivity contribution in [2.75, 3.05) is 13.2 Å². The summed E-state index contributed by atoms with van der Waals surface area (Å²) in [5, 5.41) is 0. The van der Waals surface area contributed by atoms with Gasteiger partial charge in [-0.1, -0.05) is 63.4 Å². The van der Waals surface area contributed by atoms with E-state index in [4.69, 9.17) is 9.72 Å². The first-order valence-electron chi connectivity index (χ1n) is 12.6. The van der Waals surface area contributed by atoms with E-state index < -0.39 is 0 Å². The number of carbonyl (C=O) groups excluding carboxylic acids is 1. The molecule has 5 heteroatoms. The van der Waals surface area contributed by atoms with E-state index in [1.807, 2.05) is 12.1 Å². The quantitative estimate of drug-likeness (QED) is 0.456. The van der Waals surface area contributed by atoms with E-state index in [0.717, 1.165) is 48.5 Å². The van der Waals surface area contributed by atoms with E-state index in [-0.39, 0.29) is 5.92 Å². The number of likely N-dealkylation sites (tertiary alicyclic amines) is 1. The molecule has 1 unspecified atom stereocenters. The van der Waals surface area contributed by atoms with Crippen LogP contribution in [0.1, 0.15) is 75.6 Å². The number of ether oxygens (including phenoxy) is 1. The Balaban J connectivity index is 1.36. The number of hydrogen-bond donors (Lipinski definition) is 0. The second-order valence-electron chi connectivity index (χ2n) is 9.89. The molecule has 3 aromatic rings. The predicted molar refractivity (Wildman–Crippen MR) is 132 cm³/mol. The molecule has 2 heterocycles. The molecule has 1 saturated carbocycles.